The Hall–Kier alpha value is -4.00. The van der Waals surface area contributed by atoms with Crippen molar-refractivity contribution in [3.05, 3.63) is 35.9 Å². The Bertz CT molecular complexity index is 892. The van der Waals surface area contributed by atoms with E-state index in [9.17, 15) is 33.9 Å². The first-order valence-electron chi connectivity index (χ1n) is 9.90. The van der Waals surface area contributed by atoms with Gasteiger partial charge in [-0.05, 0) is 12.5 Å². The van der Waals surface area contributed by atoms with Crippen LogP contribution in [0.2, 0.25) is 0 Å². The Labute approximate surface area is 189 Å². The van der Waals surface area contributed by atoms with Crippen molar-refractivity contribution in [2.75, 3.05) is 0 Å². The second-order valence-electron chi connectivity index (χ2n) is 7.33. The first-order chi connectivity index (χ1) is 15.4. The lowest BCUT2D eigenvalue weighted by molar-refractivity contribution is -0.142. The van der Waals surface area contributed by atoms with Gasteiger partial charge in [0.2, 0.25) is 29.5 Å². The van der Waals surface area contributed by atoms with Crippen LogP contribution in [-0.2, 0) is 35.2 Å². The van der Waals surface area contributed by atoms with E-state index >= 15 is 0 Å². The quantitative estimate of drug-likeness (QED) is 0.157. The van der Waals surface area contributed by atoms with Gasteiger partial charge in [0.25, 0.3) is 0 Å². The lowest BCUT2D eigenvalue weighted by Crippen LogP contribution is -2.57. The minimum absolute atomic E-state index is 0.0146. The molecule has 180 valence electrons. The maximum absolute atomic E-state index is 12.5. The number of carbonyl (C=O) groups excluding carboxylic acids is 5. The summed E-state index contributed by atoms with van der Waals surface area (Å²) in [6.45, 7) is 1.29. The first kappa shape index (κ1) is 27.0. The number of nitrogens with one attached hydrogen (secondary N) is 3. The SMILES string of the molecule is CC(NC(=O)C(CC(N)=O)NC(=O)C(N)CC(N)=O)C(=O)NC(Cc1ccccc1)C(=O)O. The molecule has 0 bridgehead atoms. The molecule has 0 aliphatic carbocycles. The molecule has 4 atom stereocenters. The molecule has 0 fully saturated rings. The molecule has 1 aromatic carbocycles. The highest BCUT2D eigenvalue weighted by Crippen LogP contribution is 2.04. The largest absolute Gasteiger partial charge is 0.480 e. The standard InChI is InChI=1S/C20H28N6O7/c1-10(17(29)26-14(20(32)33)7-11-5-3-2-4-6-11)24-19(31)13(9-16(23)28)25-18(30)12(21)8-15(22)27/h2-6,10,12-14H,7-9,21H2,1H3,(H2,22,27)(H2,23,28)(H,24,31)(H,25,30)(H,26,29)(H,32,33). The van der Waals surface area contributed by atoms with Crippen molar-refractivity contribution >= 4 is 35.5 Å². The molecule has 13 heteroatoms. The van der Waals surface area contributed by atoms with Crippen molar-refractivity contribution < 1.29 is 33.9 Å². The Morgan fingerprint density at radius 1 is 0.818 bits per heavy atom. The number of hydrogen-bond acceptors (Lipinski definition) is 7. The zero-order valence-electron chi connectivity index (χ0n) is 17.9. The third kappa shape index (κ3) is 9.78. The fourth-order valence-corrected chi connectivity index (χ4v) is 2.72. The van der Waals surface area contributed by atoms with Gasteiger partial charge in [0.1, 0.15) is 18.1 Å². The van der Waals surface area contributed by atoms with Gasteiger partial charge in [0.15, 0.2) is 0 Å². The highest BCUT2D eigenvalue weighted by Gasteiger charge is 2.29. The molecule has 0 heterocycles. The summed E-state index contributed by atoms with van der Waals surface area (Å²) < 4.78 is 0. The predicted molar refractivity (Wildman–Crippen MR) is 115 cm³/mol. The van der Waals surface area contributed by atoms with Crippen LogP contribution >= 0.6 is 0 Å². The van der Waals surface area contributed by atoms with Crippen LogP contribution < -0.4 is 33.2 Å². The third-order valence-electron chi connectivity index (χ3n) is 4.45. The summed E-state index contributed by atoms with van der Waals surface area (Å²) in [4.78, 5) is 70.8. The van der Waals surface area contributed by atoms with E-state index < -0.39 is 72.5 Å². The van der Waals surface area contributed by atoms with Crippen LogP contribution in [0.25, 0.3) is 0 Å². The Morgan fingerprint density at radius 3 is 1.88 bits per heavy atom. The Morgan fingerprint density at radius 2 is 1.36 bits per heavy atom. The number of hydrogen-bond donors (Lipinski definition) is 7. The fraction of sp³-hybridized carbons (Fsp3) is 0.400. The van der Waals surface area contributed by atoms with E-state index in [4.69, 9.17) is 17.2 Å². The van der Waals surface area contributed by atoms with Crippen molar-refractivity contribution in [3.63, 3.8) is 0 Å². The van der Waals surface area contributed by atoms with Crippen molar-refractivity contribution in [2.45, 2.75) is 50.4 Å². The minimum Gasteiger partial charge on any atom is -0.480 e. The molecule has 0 spiro atoms. The van der Waals surface area contributed by atoms with Crippen LogP contribution in [0.5, 0.6) is 0 Å². The molecular formula is C20H28N6O7. The summed E-state index contributed by atoms with van der Waals surface area (Å²) in [5, 5.41) is 16.2. The molecule has 10 N–H and O–H groups in total. The number of amides is 5. The Kier molecular flexibility index (Phi) is 10.5. The van der Waals surface area contributed by atoms with E-state index in [1.165, 1.54) is 6.92 Å². The number of benzene rings is 1. The number of carboxylic acid groups (broad SMARTS) is 1. The second-order valence-corrected chi connectivity index (χ2v) is 7.33. The van der Waals surface area contributed by atoms with Gasteiger partial charge in [-0.2, -0.15) is 0 Å². The first-order valence-corrected chi connectivity index (χ1v) is 9.90. The minimum atomic E-state index is -1.48. The van der Waals surface area contributed by atoms with Gasteiger partial charge in [-0.25, -0.2) is 4.79 Å². The fourth-order valence-electron chi connectivity index (χ4n) is 2.72. The molecule has 4 unspecified atom stereocenters. The molecule has 1 rings (SSSR count). The molecule has 1 aromatic rings. The zero-order chi connectivity index (χ0) is 25.1. The number of primary amides is 2. The summed E-state index contributed by atoms with van der Waals surface area (Å²) in [7, 11) is 0. The predicted octanol–water partition coefficient (Wildman–Crippen LogP) is -3.13. The molecule has 0 aromatic heterocycles. The smallest absolute Gasteiger partial charge is 0.326 e. The number of aliphatic carboxylic acids is 1. The van der Waals surface area contributed by atoms with E-state index in [2.05, 4.69) is 16.0 Å². The van der Waals surface area contributed by atoms with Gasteiger partial charge < -0.3 is 38.3 Å². The van der Waals surface area contributed by atoms with Crippen molar-refractivity contribution in [1.29, 1.82) is 0 Å². The molecule has 0 saturated heterocycles. The molecule has 33 heavy (non-hydrogen) atoms. The summed E-state index contributed by atoms with van der Waals surface area (Å²) in [5.41, 5.74) is 16.3. The molecule has 0 radical (unpaired) electrons. The van der Waals surface area contributed by atoms with E-state index in [0.29, 0.717) is 5.56 Å². The van der Waals surface area contributed by atoms with Crippen molar-refractivity contribution in [1.82, 2.24) is 16.0 Å². The van der Waals surface area contributed by atoms with E-state index in [1.807, 2.05) is 0 Å². The van der Waals surface area contributed by atoms with Gasteiger partial charge in [-0.15, -0.1) is 0 Å². The van der Waals surface area contributed by atoms with Crippen LogP contribution in [-0.4, -0.2) is 64.8 Å². The van der Waals surface area contributed by atoms with Gasteiger partial charge in [-0.1, -0.05) is 30.3 Å². The molecule has 0 saturated carbocycles. The normalized spacial score (nSPS) is 14.1. The Balaban J connectivity index is 2.79. The highest BCUT2D eigenvalue weighted by atomic mass is 16.4. The lowest BCUT2D eigenvalue weighted by atomic mass is 10.1. The van der Waals surface area contributed by atoms with Crippen molar-refractivity contribution in [3.8, 4) is 0 Å². The number of rotatable bonds is 13. The average Bonchev–Trinajstić information content (AvgIpc) is 2.72. The number of nitrogens with two attached hydrogens (primary N) is 3. The van der Waals surface area contributed by atoms with Crippen LogP contribution in [0, 0.1) is 0 Å². The number of carbonyl (C=O) groups is 6. The van der Waals surface area contributed by atoms with Crippen LogP contribution in [0.1, 0.15) is 25.3 Å². The molecular weight excluding hydrogens is 436 g/mol. The van der Waals surface area contributed by atoms with Gasteiger partial charge in [0, 0.05) is 6.42 Å². The third-order valence-corrected chi connectivity index (χ3v) is 4.45. The summed E-state index contributed by atoms with van der Waals surface area (Å²) >= 11 is 0. The van der Waals surface area contributed by atoms with Crippen LogP contribution in [0.4, 0.5) is 0 Å². The number of carboxylic acids is 1. The van der Waals surface area contributed by atoms with Crippen LogP contribution in [0.15, 0.2) is 30.3 Å². The van der Waals surface area contributed by atoms with Crippen LogP contribution in [0.3, 0.4) is 0 Å². The summed E-state index contributed by atoms with van der Waals surface area (Å²) in [5.74, 6) is -5.71. The highest BCUT2D eigenvalue weighted by molar-refractivity contribution is 5.96. The monoisotopic (exact) mass is 464 g/mol. The maximum atomic E-state index is 12.5. The lowest BCUT2D eigenvalue weighted by Gasteiger charge is -2.23. The van der Waals surface area contributed by atoms with E-state index in [0.717, 1.165) is 0 Å². The zero-order valence-corrected chi connectivity index (χ0v) is 17.9. The average molecular weight is 464 g/mol. The molecule has 0 aliphatic heterocycles. The summed E-state index contributed by atoms with van der Waals surface area (Å²) in [6, 6.07) is 3.29. The molecule has 13 nitrogen and oxygen atoms in total. The molecule has 5 amide bonds. The van der Waals surface area contributed by atoms with Gasteiger partial charge in [0.05, 0.1) is 18.9 Å². The van der Waals surface area contributed by atoms with Crippen molar-refractivity contribution in [2.24, 2.45) is 17.2 Å². The summed E-state index contributed by atoms with van der Waals surface area (Å²) in [6.07, 6.45) is -1.09. The van der Waals surface area contributed by atoms with E-state index in [1.54, 1.807) is 30.3 Å². The van der Waals surface area contributed by atoms with Gasteiger partial charge >= 0.3 is 5.97 Å². The maximum Gasteiger partial charge on any atom is 0.326 e. The topological polar surface area (TPSA) is 237 Å². The van der Waals surface area contributed by atoms with Gasteiger partial charge in [-0.3, -0.25) is 24.0 Å². The second kappa shape index (κ2) is 12.8. The van der Waals surface area contributed by atoms with E-state index in [-0.39, 0.29) is 6.42 Å². The molecule has 0 aliphatic rings.